The van der Waals surface area contributed by atoms with Crippen molar-refractivity contribution in [3.05, 3.63) is 82.6 Å². The second kappa shape index (κ2) is 10.0. The summed E-state index contributed by atoms with van der Waals surface area (Å²) < 4.78 is 46.6. The Morgan fingerprint density at radius 3 is 2.45 bits per heavy atom. The number of hydrogen-bond acceptors (Lipinski definition) is 6. The van der Waals surface area contributed by atoms with Gasteiger partial charge in [0, 0.05) is 43.2 Å². The Hall–Kier alpha value is -4.06. The molecule has 4 aliphatic rings. The highest BCUT2D eigenvalue weighted by Crippen LogP contribution is 2.55. The number of fused-ring (bicyclic) bond motifs is 1. The summed E-state index contributed by atoms with van der Waals surface area (Å²) in [6.45, 7) is 1.31. The summed E-state index contributed by atoms with van der Waals surface area (Å²) in [6, 6.07) is 14.4. The molecule has 2 aromatic rings. The largest absolute Gasteiger partial charge is 0.444 e. The molecule has 3 atom stereocenters. The minimum Gasteiger partial charge on any atom is -0.444 e. The first-order valence-corrected chi connectivity index (χ1v) is 14.0. The van der Waals surface area contributed by atoms with Crippen LogP contribution in [-0.2, 0) is 32.5 Å². The maximum atomic E-state index is 13.6. The Morgan fingerprint density at radius 2 is 1.81 bits per heavy atom. The van der Waals surface area contributed by atoms with Gasteiger partial charge in [-0.1, -0.05) is 42.5 Å². The van der Waals surface area contributed by atoms with Crippen LogP contribution in [0.4, 0.5) is 18.0 Å². The van der Waals surface area contributed by atoms with E-state index >= 15 is 0 Å². The molecule has 3 aliphatic heterocycles. The van der Waals surface area contributed by atoms with Crippen molar-refractivity contribution in [1.82, 2.24) is 15.1 Å². The van der Waals surface area contributed by atoms with Crippen molar-refractivity contribution in [2.75, 3.05) is 26.2 Å². The molecule has 0 aromatic heterocycles. The minimum absolute atomic E-state index is 0.0288. The van der Waals surface area contributed by atoms with Gasteiger partial charge in [0.2, 0.25) is 11.8 Å². The maximum absolute atomic E-state index is 13.6. The van der Waals surface area contributed by atoms with Gasteiger partial charge in [0.1, 0.15) is 11.6 Å². The summed E-state index contributed by atoms with van der Waals surface area (Å²) >= 11 is 0. The topological polar surface area (TPSA) is 131 Å². The van der Waals surface area contributed by atoms with Crippen LogP contribution in [0.5, 0.6) is 0 Å². The average Bonchev–Trinajstić information content (AvgIpc) is 3.56. The molecule has 42 heavy (non-hydrogen) atoms. The molecule has 5 N–H and O–H groups in total. The van der Waals surface area contributed by atoms with E-state index in [4.69, 9.17) is 16.2 Å². The number of benzene rings is 2. The zero-order valence-corrected chi connectivity index (χ0v) is 22.8. The van der Waals surface area contributed by atoms with Crippen molar-refractivity contribution in [2.24, 2.45) is 17.4 Å². The number of rotatable bonds is 8. The minimum atomic E-state index is -4.52. The molecule has 3 heterocycles. The first-order chi connectivity index (χ1) is 20.0. The predicted molar refractivity (Wildman–Crippen MR) is 145 cm³/mol. The van der Waals surface area contributed by atoms with Crippen molar-refractivity contribution in [3.8, 4) is 0 Å². The fourth-order valence-electron chi connectivity index (χ4n) is 7.11. The third kappa shape index (κ3) is 4.48. The molecule has 0 radical (unpaired) electrons. The van der Waals surface area contributed by atoms with E-state index in [1.165, 1.54) is 11.0 Å². The third-order valence-electron chi connectivity index (χ3n) is 9.29. The molecule has 6 rings (SSSR count). The number of nitrogens with one attached hydrogen (secondary N) is 1. The van der Waals surface area contributed by atoms with Crippen molar-refractivity contribution >= 4 is 17.9 Å². The van der Waals surface area contributed by atoms with Gasteiger partial charge in [0.15, 0.2) is 0 Å². The maximum Gasteiger partial charge on any atom is 0.416 e. The van der Waals surface area contributed by atoms with Crippen LogP contribution in [0, 0.1) is 5.92 Å². The number of carbonyl (C=O) groups excluding carboxylic acids is 3. The number of alkyl halides is 3. The van der Waals surface area contributed by atoms with E-state index in [1.54, 1.807) is 6.07 Å². The Kier molecular flexibility index (Phi) is 6.71. The highest BCUT2D eigenvalue weighted by molar-refractivity contribution is 5.97. The first kappa shape index (κ1) is 28.1. The van der Waals surface area contributed by atoms with Crippen LogP contribution >= 0.6 is 0 Å². The van der Waals surface area contributed by atoms with Crippen molar-refractivity contribution in [1.29, 1.82) is 0 Å². The number of hydrogen-bond donors (Lipinski definition) is 3. The Morgan fingerprint density at radius 1 is 1.07 bits per heavy atom. The number of primary amides is 2. The molecule has 1 unspecified atom stereocenters. The van der Waals surface area contributed by atoms with Gasteiger partial charge in [0.25, 0.3) is 0 Å². The van der Waals surface area contributed by atoms with Gasteiger partial charge in [0.05, 0.1) is 17.6 Å². The number of piperazine rings is 1. The summed E-state index contributed by atoms with van der Waals surface area (Å²) in [7, 11) is 0. The number of amides is 3. The average molecular weight is 584 g/mol. The summed E-state index contributed by atoms with van der Waals surface area (Å²) in [6.07, 6.45) is -4.78. The highest BCUT2D eigenvalue weighted by atomic mass is 19.4. The van der Waals surface area contributed by atoms with E-state index in [1.807, 2.05) is 35.2 Å². The molecule has 0 bridgehead atoms. The summed E-state index contributed by atoms with van der Waals surface area (Å²) in [5.74, 6) is -1.99. The summed E-state index contributed by atoms with van der Waals surface area (Å²) in [5, 5.41) is 3.22. The highest BCUT2D eigenvalue weighted by Gasteiger charge is 2.62. The lowest BCUT2D eigenvalue weighted by molar-refractivity contribution is -0.137. The van der Waals surface area contributed by atoms with Crippen molar-refractivity contribution in [3.63, 3.8) is 0 Å². The first-order valence-electron chi connectivity index (χ1n) is 14.0. The molecule has 2 aromatic carbocycles. The van der Waals surface area contributed by atoms with Gasteiger partial charge in [-0.3, -0.25) is 14.5 Å². The third-order valence-corrected chi connectivity index (χ3v) is 9.29. The molecule has 9 nitrogen and oxygen atoms in total. The second-order valence-corrected chi connectivity index (χ2v) is 11.5. The molecule has 1 saturated carbocycles. The number of halogens is 3. The molecule has 2 saturated heterocycles. The van der Waals surface area contributed by atoms with Crippen molar-refractivity contribution < 1.29 is 32.3 Å². The fourth-order valence-corrected chi connectivity index (χ4v) is 7.11. The molecule has 12 heteroatoms. The standard InChI is InChI=1S/C30H32F3N5O4/c31-30(32,33)20-8-4-7-19(14-20)28(9-10-28)38-17-24(42-27(38)41)22(13-18-5-2-1-3-6-18)29(26(35)40)15-21(25(34)39)23-16-36-11-12-37(23)29/h1-8,14,22,24,36H,9-13,15-17H2,(H2,34,39)(H2,35,40)/t22-,24+,29?/m1/s1. The second-order valence-electron chi connectivity index (χ2n) is 11.5. The smallest absolute Gasteiger partial charge is 0.416 e. The van der Waals surface area contributed by atoms with Crippen LogP contribution in [0.1, 0.15) is 36.0 Å². The Bertz CT molecular complexity index is 1460. The van der Waals surface area contributed by atoms with Crippen molar-refractivity contribution in [2.45, 2.75) is 49.0 Å². The van der Waals surface area contributed by atoms with Crippen LogP contribution in [0.25, 0.3) is 0 Å². The van der Waals surface area contributed by atoms with Gasteiger partial charge in [-0.15, -0.1) is 0 Å². The van der Waals surface area contributed by atoms with Gasteiger partial charge in [-0.05, 0) is 42.5 Å². The molecular formula is C30H32F3N5O4. The van der Waals surface area contributed by atoms with Gasteiger partial charge >= 0.3 is 12.3 Å². The zero-order chi connectivity index (χ0) is 29.9. The summed E-state index contributed by atoms with van der Waals surface area (Å²) in [5.41, 5.74) is 11.0. The number of carbonyl (C=O) groups is 3. The molecule has 3 amide bonds. The van der Waals surface area contributed by atoms with E-state index in [0.717, 1.165) is 17.7 Å². The van der Waals surface area contributed by atoms with Crippen LogP contribution in [0.2, 0.25) is 0 Å². The van der Waals surface area contributed by atoms with Crippen LogP contribution < -0.4 is 16.8 Å². The van der Waals surface area contributed by atoms with Crippen LogP contribution in [0.3, 0.4) is 0 Å². The Labute approximate surface area is 240 Å². The quantitative estimate of drug-likeness (QED) is 0.438. The van der Waals surface area contributed by atoms with E-state index < -0.39 is 52.7 Å². The van der Waals surface area contributed by atoms with E-state index in [2.05, 4.69) is 5.32 Å². The number of nitrogens with two attached hydrogens (primary N) is 2. The van der Waals surface area contributed by atoms with Crippen LogP contribution in [0.15, 0.2) is 65.9 Å². The van der Waals surface area contributed by atoms with E-state index in [9.17, 15) is 27.6 Å². The lowest BCUT2D eigenvalue weighted by Crippen LogP contribution is -2.65. The monoisotopic (exact) mass is 583 g/mol. The molecule has 0 spiro atoms. The summed E-state index contributed by atoms with van der Waals surface area (Å²) in [4.78, 5) is 43.0. The molecule has 1 aliphatic carbocycles. The predicted octanol–water partition coefficient (Wildman–Crippen LogP) is 2.65. The molecule has 222 valence electrons. The number of nitrogens with zero attached hydrogens (tertiary/aromatic N) is 2. The van der Waals surface area contributed by atoms with Gasteiger partial charge in [-0.25, -0.2) is 4.79 Å². The lowest BCUT2D eigenvalue weighted by Gasteiger charge is -2.47. The normalized spacial score (nSPS) is 25.7. The molecule has 3 fully saturated rings. The van der Waals surface area contributed by atoms with E-state index in [0.29, 0.717) is 55.7 Å². The fraction of sp³-hybridized carbons (Fsp3) is 0.433. The Balaban J connectivity index is 1.39. The van der Waals surface area contributed by atoms with Gasteiger partial charge in [-0.2, -0.15) is 13.2 Å². The van der Waals surface area contributed by atoms with Crippen LogP contribution in [-0.4, -0.2) is 65.5 Å². The zero-order valence-electron chi connectivity index (χ0n) is 22.8. The molecular weight excluding hydrogens is 551 g/mol. The van der Waals surface area contributed by atoms with Gasteiger partial charge < -0.3 is 26.4 Å². The number of cyclic esters (lactones) is 1. The number of ether oxygens (including phenoxy) is 1. The SMILES string of the molecule is NC(=O)C1=C2CNCCN2C(C(N)=O)([C@H](Cc2ccccc2)[C@@H]2CN(C3(c4cccc(C(F)(F)F)c4)CC3)C(=O)O2)C1. The van der Waals surface area contributed by atoms with E-state index in [-0.39, 0.29) is 13.0 Å². The lowest BCUT2D eigenvalue weighted by atomic mass is 9.72.